The molecule has 134 valence electrons. The number of hydrogen-bond donors (Lipinski definition) is 2. The minimum Gasteiger partial charge on any atom is -0.383 e. The molecule has 4 N–H and O–H groups in total. The maximum atomic E-state index is 13.2. The van der Waals surface area contributed by atoms with E-state index in [2.05, 4.69) is 9.97 Å². The molecule has 3 rings (SSSR count). The number of rotatable bonds is 4. The molecule has 2 aromatic carbocycles. The van der Waals surface area contributed by atoms with E-state index in [1.807, 2.05) is 13.8 Å². The van der Waals surface area contributed by atoms with E-state index in [9.17, 15) is 8.78 Å². The average molecular weight is 354 g/mol. The molecule has 0 aliphatic rings. The highest BCUT2D eigenvalue weighted by molar-refractivity contribution is 5.53. The molecule has 4 nitrogen and oxygen atoms in total. The summed E-state index contributed by atoms with van der Waals surface area (Å²) in [5.74, 6) is -0.556. The quantitative estimate of drug-likeness (QED) is 0.735. The van der Waals surface area contributed by atoms with Crippen molar-refractivity contribution in [3.05, 3.63) is 82.5 Å². The lowest BCUT2D eigenvalue weighted by atomic mass is 9.86. The van der Waals surface area contributed by atoms with E-state index in [1.165, 1.54) is 24.3 Å². The molecular weight excluding hydrogens is 334 g/mol. The van der Waals surface area contributed by atoms with Crippen LogP contribution in [-0.4, -0.2) is 9.97 Å². The van der Waals surface area contributed by atoms with E-state index in [4.69, 9.17) is 11.5 Å². The third-order valence-electron chi connectivity index (χ3n) is 4.61. The molecule has 1 aromatic heterocycles. The third kappa shape index (κ3) is 3.49. The largest absolute Gasteiger partial charge is 0.383 e. The van der Waals surface area contributed by atoms with Crippen molar-refractivity contribution in [2.45, 2.75) is 25.7 Å². The lowest BCUT2D eigenvalue weighted by molar-refractivity contribution is 0.625. The molecule has 26 heavy (non-hydrogen) atoms. The summed E-state index contributed by atoms with van der Waals surface area (Å²) in [6.07, 6.45) is 0. The monoisotopic (exact) mass is 354 g/mol. The van der Waals surface area contributed by atoms with Crippen molar-refractivity contribution in [1.29, 1.82) is 0 Å². The second-order valence-electron chi connectivity index (χ2n) is 6.31. The number of nitrogens with zero attached hydrogens (tertiary/aromatic N) is 2. The number of anilines is 2. The summed E-state index contributed by atoms with van der Waals surface area (Å²) >= 11 is 0. The topological polar surface area (TPSA) is 77.8 Å². The van der Waals surface area contributed by atoms with Crippen LogP contribution < -0.4 is 11.5 Å². The van der Waals surface area contributed by atoms with Crippen LogP contribution in [0, 0.1) is 11.6 Å². The van der Waals surface area contributed by atoms with Gasteiger partial charge >= 0.3 is 0 Å². The highest BCUT2D eigenvalue weighted by Gasteiger charge is 2.24. The first-order valence-corrected chi connectivity index (χ1v) is 8.30. The van der Waals surface area contributed by atoms with Gasteiger partial charge in [-0.25, -0.2) is 13.8 Å². The molecule has 6 heteroatoms. The van der Waals surface area contributed by atoms with Crippen molar-refractivity contribution in [1.82, 2.24) is 9.97 Å². The van der Waals surface area contributed by atoms with Crippen LogP contribution in [0.15, 0.2) is 48.5 Å². The van der Waals surface area contributed by atoms with Gasteiger partial charge in [-0.1, -0.05) is 38.1 Å². The third-order valence-corrected chi connectivity index (χ3v) is 4.61. The maximum Gasteiger partial charge on any atom is 0.222 e. The van der Waals surface area contributed by atoms with Crippen LogP contribution in [0.3, 0.4) is 0 Å². The molecule has 1 heterocycles. The highest BCUT2D eigenvalue weighted by Crippen LogP contribution is 2.36. The number of benzene rings is 2. The van der Waals surface area contributed by atoms with Gasteiger partial charge in [0.25, 0.3) is 0 Å². The number of aromatic nitrogens is 2. The molecule has 0 radical (unpaired) electrons. The van der Waals surface area contributed by atoms with Gasteiger partial charge in [0.05, 0.1) is 5.69 Å². The predicted molar refractivity (Wildman–Crippen MR) is 98.7 cm³/mol. The zero-order valence-electron chi connectivity index (χ0n) is 14.6. The van der Waals surface area contributed by atoms with Crippen molar-refractivity contribution in [2.75, 3.05) is 11.5 Å². The Morgan fingerprint density at radius 1 is 0.731 bits per heavy atom. The van der Waals surface area contributed by atoms with E-state index >= 15 is 0 Å². The van der Waals surface area contributed by atoms with Gasteiger partial charge in [-0.15, -0.1) is 0 Å². The first kappa shape index (κ1) is 17.8. The summed E-state index contributed by atoms with van der Waals surface area (Å²) in [4.78, 5) is 8.51. The normalized spacial score (nSPS) is 13.4. The van der Waals surface area contributed by atoms with Gasteiger partial charge in [0.2, 0.25) is 5.95 Å². The zero-order valence-corrected chi connectivity index (χ0v) is 14.6. The van der Waals surface area contributed by atoms with Gasteiger partial charge in [-0.2, -0.15) is 4.98 Å². The lowest BCUT2D eigenvalue weighted by Gasteiger charge is -2.22. The molecule has 0 spiro atoms. The van der Waals surface area contributed by atoms with E-state index < -0.39 is 0 Å². The van der Waals surface area contributed by atoms with Crippen molar-refractivity contribution in [3.8, 4) is 0 Å². The maximum absolute atomic E-state index is 13.2. The Labute approximate surface area is 150 Å². The van der Waals surface area contributed by atoms with Gasteiger partial charge in [0, 0.05) is 17.4 Å². The van der Waals surface area contributed by atoms with Crippen molar-refractivity contribution in [2.24, 2.45) is 0 Å². The van der Waals surface area contributed by atoms with Crippen LogP contribution >= 0.6 is 0 Å². The van der Waals surface area contributed by atoms with Crippen LogP contribution in [0.4, 0.5) is 20.5 Å². The zero-order chi connectivity index (χ0) is 18.8. The minimum absolute atomic E-state index is 0.0847. The van der Waals surface area contributed by atoms with E-state index in [1.54, 1.807) is 24.3 Å². The molecule has 2 atom stereocenters. The fraction of sp³-hybridized carbons (Fsp3) is 0.200. The molecule has 2 unspecified atom stereocenters. The first-order chi connectivity index (χ1) is 12.4. The van der Waals surface area contributed by atoms with Crippen LogP contribution in [0.25, 0.3) is 0 Å². The summed E-state index contributed by atoms with van der Waals surface area (Å²) in [6.45, 7) is 3.91. The number of hydrogen-bond acceptors (Lipinski definition) is 4. The molecular formula is C20H20F2N4. The predicted octanol–water partition coefficient (Wildman–Crippen LogP) is 4.22. The molecule has 0 saturated heterocycles. The molecule has 0 bridgehead atoms. The Morgan fingerprint density at radius 3 is 1.69 bits per heavy atom. The number of nitrogen functional groups attached to an aromatic ring is 2. The van der Waals surface area contributed by atoms with Crippen LogP contribution in [-0.2, 0) is 0 Å². The lowest BCUT2D eigenvalue weighted by Crippen LogP contribution is -2.14. The first-order valence-electron chi connectivity index (χ1n) is 8.30. The van der Waals surface area contributed by atoms with E-state index in [0.717, 1.165) is 16.7 Å². The summed E-state index contributed by atoms with van der Waals surface area (Å²) in [7, 11) is 0. The van der Waals surface area contributed by atoms with Crippen LogP contribution in [0.1, 0.15) is 48.1 Å². The number of halogens is 2. The molecule has 0 saturated carbocycles. The fourth-order valence-electron chi connectivity index (χ4n) is 3.12. The second-order valence-corrected chi connectivity index (χ2v) is 6.31. The van der Waals surface area contributed by atoms with Gasteiger partial charge in [-0.05, 0) is 35.4 Å². The summed E-state index contributed by atoms with van der Waals surface area (Å²) in [5, 5.41) is 0. The number of nitrogens with two attached hydrogens (primary N) is 2. The van der Waals surface area contributed by atoms with Gasteiger partial charge in [-0.3, -0.25) is 0 Å². The Morgan fingerprint density at radius 2 is 1.19 bits per heavy atom. The minimum atomic E-state index is -0.303. The Kier molecular flexibility index (Phi) is 4.84. The van der Waals surface area contributed by atoms with Gasteiger partial charge in [0.1, 0.15) is 17.5 Å². The van der Waals surface area contributed by atoms with E-state index in [0.29, 0.717) is 11.5 Å². The second kappa shape index (κ2) is 7.07. The molecule has 0 fully saturated rings. The Hall–Kier alpha value is -3.02. The van der Waals surface area contributed by atoms with Gasteiger partial charge in [0.15, 0.2) is 0 Å². The molecule has 0 aliphatic heterocycles. The highest BCUT2D eigenvalue weighted by atomic mass is 19.1. The summed E-state index contributed by atoms with van der Waals surface area (Å²) < 4.78 is 26.5. The van der Waals surface area contributed by atoms with Crippen molar-refractivity contribution < 1.29 is 8.78 Å². The van der Waals surface area contributed by atoms with Crippen LogP contribution in [0.2, 0.25) is 0 Å². The van der Waals surface area contributed by atoms with Gasteiger partial charge < -0.3 is 11.5 Å². The fourth-order valence-corrected chi connectivity index (χ4v) is 3.12. The Bertz CT molecular complexity index is 908. The van der Waals surface area contributed by atoms with E-state index in [-0.39, 0.29) is 29.4 Å². The Balaban J connectivity index is 2.10. The molecule has 0 amide bonds. The molecule has 3 aromatic rings. The summed E-state index contributed by atoms with van der Waals surface area (Å²) in [6, 6.07) is 12.5. The average Bonchev–Trinajstić information content (AvgIpc) is 2.61. The molecule has 0 aliphatic carbocycles. The van der Waals surface area contributed by atoms with Crippen LogP contribution in [0.5, 0.6) is 0 Å². The standard InChI is InChI=1S/C20H20F2N4/c1-11(13-3-7-15(21)8-4-13)17-18(25-20(24)26-19(17)23)12(2)14-5-9-16(22)10-6-14/h3-12H,1-2H3,(H4,23,24,25,26). The SMILES string of the molecule is CC(c1ccc(F)cc1)c1nc(N)nc(N)c1C(C)c1ccc(F)cc1. The smallest absolute Gasteiger partial charge is 0.222 e. The van der Waals surface area contributed by atoms with Crippen molar-refractivity contribution >= 4 is 11.8 Å². The van der Waals surface area contributed by atoms with Crippen molar-refractivity contribution in [3.63, 3.8) is 0 Å². The summed E-state index contributed by atoms with van der Waals surface area (Å²) in [5.41, 5.74) is 15.2.